The Hall–Kier alpha value is -0.860. The zero-order chi connectivity index (χ0) is 22.3. The van der Waals surface area contributed by atoms with Crippen molar-refractivity contribution in [1.29, 1.82) is 0 Å². The molecule has 0 aromatic heterocycles. The highest BCUT2D eigenvalue weighted by molar-refractivity contribution is 7.88. The fourth-order valence-corrected chi connectivity index (χ4v) is 6.67. The van der Waals surface area contributed by atoms with E-state index in [-0.39, 0.29) is 17.6 Å². The van der Waals surface area contributed by atoms with Gasteiger partial charge in [-0.1, -0.05) is 42.1 Å². The first-order chi connectivity index (χ1) is 14.9. The molecule has 1 N–H and O–H groups in total. The van der Waals surface area contributed by atoms with Gasteiger partial charge in [0.05, 0.1) is 5.75 Å². The number of rotatable bonds is 8. The van der Waals surface area contributed by atoms with Crippen molar-refractivity contribution < 1.29 is 13.2 Å². The number of piperidine rings is 1. The van der Waals surface area contributed by atoms with Crippen molar-refractivity contribution in [3.63, 3.8) is 0 Å². The number of sulfonamides is 1. The van der Waals surface area contributed by atoms with Gasteiger partial charge in [0.1, 0.15) is 0 Å². The molecule has 2 aliphatic heterocycles. The van der Waals surface area contributed by atoms with Crippen molar-refractivity contribution in [1.82, 2.24) is 14.5 Å². The number of hydrogen-bond acceptors (Lipinski definition) is 4. The van der Waals surface area contributed by atoms with Crippen LogP contribution in [0.4, 0.5) is 0 Å². The average molecular weight is 490 g/mol. The van der Waals surface area contributed by atoms with Crippen molar-refractivity contribution in [2.45, 2.75) is 50.7 Å². The Labute approximate surface area is 196 Å². The smallest absolute Gasteiger partial charge is 0.223 e. The first-order valence-electron chi connectivity index (χ1n) is 11.3. The quantitative estimate of drug-likeness (QED) is 0.561. The van der Waals surface area contributed by atoms with Crippen LogP contribution < -0.4 is 5.32 Å². The highest BCUT2D eigenvalue weighted by Crippen LogP contribution is 2.29. The number of halogens is 2. The third kappa shape index (κ3) is 7.32. The zero-order valence-corrected chi connectivity index (χ0v) is 20.3. The van der Waals surface area contributed by atoms with Gasteiger partial charge in [-0.3, -0.25) is 4.79 Å². The van der Waals surface area contributed by atoms with E-state index < -0.39 is 10.0 Å². The van der Waals surface area contributed by atoms with Crippen molar-refractivity contribution >= 4 is 39.1 Å². The maximum Gasteiger partial charge on any atom is 0.223 e. The van der Waals surface area contributed by atoms with E-state index in [2.05, 4.69) is 10.2 Å². The minimum Gasteiger partial charge on any atom is -0.356 e. The summed E-state index contributed by atoms with van der Waals surface area (Å²) in [7, 11) is -3.54. The van der Waals surface area contributed by atoms with E-state index in [1.807, 2.05) is 0 Å². The maximum atomic E-state index is 12.8. The number of carbonyl (C=O) groups excluding carboxylic acids is 1. The van der Waals surface area contributed by atoms with Crippen molar-refractivity contribution in [2.24, 2.45) is 5.92 Å². The van der Waals surface area contributed by atoms with Crippen LogP contribution in [0.1, 0.15) is 50.5 Å². The Kier molecular flexibility index (Phi) is 9.47. The summed E-state index contributed by atoms with van der Waals surface area (Å²) in [5, 5.41) is 3.75. The molecule has 0 bridgehead atoms. The minimum absolute atomic E-state index is 0.0436. The number of nitrogens with one attached hydrogen (secondary N) is 1. The third-order valence-electron chi connectivity index (χ3n) is 6.26. The normalized spacial score (nSPS) is 19.8. The Morgan fingerprint density at radius 1 is 1.00 bits per heavy atom. The Bertz CT molecular complexity index is 814. The van der Waals surface area contributed by atoms with Gasteiger partial charge in [-0.15, -0.1) is 0 Å². The molecule has 0 aliphatic carbocycles. The highest BCUT2D eigenvalue weighted by Gasteiger charge is 2.31. The van der Waals surface area contributed by atoms with E-state index in [9.17, 15) is 13.2 Å². The van der Waals surface area contributed by atoms with Crippen LogP contribution in [-0.2, 0) is 20.6 Å². The molecule has 0 atom stereocenters. The summed E-state index contributed by atoms with van der Waals surface area (Å²) < 4.78 is 27.1. The number of likely N-dealkylation sites (tertiary alicyclic amines) is 1. The Morgan fingerprint density at radius 2 is 1.61 bits per heavy atom. The van der Waals surface area contributed by atoms with Crippen LogP contribution in [0.3, 0.4) is 0 Å². The standard InChI is InChI=1S/C22H33Cl2N3O3S/c23-20-7-5-8-21(24)19(20)17-31(29,30)27-15-9-18(10-16-27)22(28)25-11-6-14-26-12-3-1-2-4-13-26/h5,7-8,18H,1-4,6,9-17H2,(H,25,28). The van der Waals surface area contributed by atoms with Gasteiger partial charge < -0.3 is 10.2 Å². The Morgan fingerprint density at radius 3 is 2.23 bits per heavy atom. The lowest BCUT2D eigenvalue weighted by Gasteiger charge is -2.30. The van der Waals surface area contributed by atoms with Gasteiger partial charge >= 0.3 is 0 Å². The number of amides is 1. The van der Waals surface area contributed by atoms with Gasteiger partial charge in [-0.2, -0.15) is 0 Å². The monoisotopic (exact) mass is 489 g/mol. The summed E-state index contributed by atoms with van der Waals surface area (Å²) >= 11 is 12.3. The van der Waals surface area contributed by atoms with Crippen molar-refractivity contribution in [2.75, 3.05) is 39.3 Å². The molecule has 0 saturated carbocycles. The fourth-order valence-electron chi connectivity index (χ4n) is 4.36. The molecule has 2 saturated heterocycles. The van der Waals surface area contributed by atoms with Crippen molar-refractivity contribution in [3.05, 3.63) is 33.8 Å². The number of nitrogens with zero attached hydrogens (tertiary/aromatic N) is 2. The van der Waals surface area contributed by atoms with Crippen LogP contribution in [0, 0.1) is 5.92 Å². The lowest BCUT2D eigenvalue weighted by atomic mass is 9.97. The summed E-state index contributed by atoms with van der Waals surface area (Å²) in [4.78, 5) is 15.0. The predicted molar refractivity (Wildman–Crippen MR) is 126 cm³/mol. The molecule has 31 heavy (non-hydrogen) atoms. The van der Waals surface area contributed by atoms with Crippen LogP contribution in [0.15, 0.2) is 18.2 Å². The summed E-state index contributed by atoms with van der Waals surface area (Å²) in [5.41, 5.74) is 0.426. The molecule has 6 nitrogen and oxygen atoms in total. The zero-order valence-electron chi connectivity index (χ0n) is 18.0. The van der Waals surface area contributed by atoms with E-state index in [0.717, 1.165) is 13.0 Å². The molecule has 174 valence electrons. The van der Waals surface area contributed by atoms with Crippen LogP contribution >= 0.6 is 23.2 Å². The van der Waals surface area contributed by atoms with Crippen LogP contribution in [-0.4, -0.2) is 62.8 Å². The lowest BCUT2D eigenvalue weighted by molar-refractivity contribution is -0.126. The highest BCUT2D eigenvalue weighted by atomic mass is 35.5. The lowest BCUT2D eigenvalue weighted by Crippen LogP contribution is -2.43. The second-order valence-corrected chi connectivity index (χ2v) is 11.3. The number of benzene rings is 1. The predicted octanol–water partition coefficient (Wildman–Crippen LogP) is 3.92. The summed E-state index contributed by atoms with van der Waals surface area (Å²) in [6, 6.07) is 4.97. The maximum absolute atomic E-state index is 12.8. The Balaban J connectivity index is 1.40. The molecule has 2 fully saturated rings. The van der Waals surface area contributed by atoms with E-state index in [1.54, 1.807) is 18.2 Å². The van der Waals surface area contributed by atoms with Gasteiger partial charge in [-0.05, 0) is 63.9 Å². The van der Waals surface area contributed by atoms with Crippen molar-refractivity contribution in [3.8, 4) is 0 Å². The van der Waals surface area contributed by atoms with Gasteiger partial charge in [0.25, 0.3) is 0 Å². The molecule has 2 aliphatic rings. The molecular formula is C22H33Cl2N3O3S. The second kappa shape index (κ2) is 11.8. The van der Waals surface area contributed by atoms with E-state index in [0.29, 0.717) is 48.1 Å². The van der Waals surface area contributed by atoms with E-state index in [4.69, 9.17) is 23.2 Å². The van der Waals surface area contributed by atoms with Gasteiger partial charge in [-0.25, -0.2) is 12.7 Å². The van der Waals surface area contributed by atoms with Gasteiger partial charge in [0.2, 0.25) is 15.9 Å². The van der Waals surface area contributed by atoms with Crippen LogP contribution in [0.2, 0.25) is 10.0 Å². The molecule has 1 amide bonds. The molecule has 2 heterocycles. The number of carbonyl (C=O) groups is 1. The summed E-state index contributed by atoms with van der Waals surface area (Å²) in [6.45, 7) is 4.73. The molecule has 0 spiro atoms. The van der Waals surface area contributed by atoms with Crippen LogP contribution in [0.25, 0.3) is 0 Å². The second-order valence-electron chi connectivity index (χ2n) is 8.53. The molecule has 0 unspecified atom stereocenters. The largest absolute Gasteiger partial charge is 0.356 e. The topological polar surface area (TPSA) is 69.7 Å². The van der Waals surface area contributed by atoms with Gasteiger partial charge in [0, 0.05) is 41.2 Å². The molecule has 0 radical (unpaired) electrons. The van der Waals surface area contributed by atoms with Crippen LogP contribution in [0.5, 0.6) is 0 Å². The fraction of sp³-hybridized carbons (Fsp3) is 0.682. The van der Waals surface area contributed by atoms with E-state index >= 15 is 0 Å². The molecule has 3 rings (SSSR count). The molecular weight excluding hydrogens is 457 g/mol. The minimum atomic E-state index is -3.54. The first-order valence-corrected chi connectivity index (χ1v) is 13.6. The molecule has 1 aromatic carbocycles. The van der Waals surface area contributed by atoms with E-state index in [1.165, 1.54) is 43.1 Å². The SMILES string of the molecule is O=C(NCCCN1CCCCCC1)C1CCN(S(=O)(=O)Cc2c(Cl)cccc2Cl)CC1. The average Bonchev–Trinajstić information content (AvgIpc) is 3.03. The molecule has 9 heteroatoms. The summed E-state index contributed by atoms with van der Waals surface area (Å²) in [6.07, 6.45) is 7.23. The third-order valence-corrected chi connectivity index (χ3v) is 8.77. The summed E-state index contributed by atoms with van der Waals surface area (Å²) in [5.74, 6) is -0.311. The first kappa shape index (κ1) is 24.8. The molecule has 1 aromatic rings. The van der Waals surface area contributed by atoms with Gasteiger partial charge in [0.15, 0.2) is 0 Å². The number of hydrogen-bond donors (Lipinski definition) is 1.